The monoisotopic (exact) mass is 408 g/mol. The number of rotatable bonds is 6. The predicted octanol–water partition coefficient (Wildman–Crippen LogP) is 4.41. The maximum Gasteiger partial charge on any atom is 0.256 e. The first kappa shape index (κ1) is 19.6. The summed E-state index contributed by atoms with van der Waals surface area (Å²) in [6.07, 6.45) is 4.03. The molecule has 3 aromatic rings. The predicted molar refractivity (Wildman–Crippen MR) is 117 cm³/mol. The summed E-state index contributed by atoms with van der Waals surface area (Å²) in [6.45, 7) is 0.895. The van der Waals surface area contributed by atoms with Gasteiger partial charge in [0.2, 0.25) is 0 Å². The molecular weight excluding hydrogens is 384 g/mol. The zero-order valence-corrected chi connectivity index (χ0v) is 17.2. The van der Waals surface area contributed by atoms with E-state index in [0.717, 1.165) is 42.0 Å². The van der Waals surface area contributed by atoms with Crippen molar-refractivity contribution < 1.29 is 14.3 Å². The normalized spacial score (nSPS) is 13.1. The smallest absolute Gasteiger partial charge is 0.256 e. The Kier molecular flexibility index (Phi) is 5.92. The largest absolute Gasteiger partial charge is 0.383 e. The highest BCUT2D eigenvalue weighted by molar-refractivity contribution is 7.17. The van der Waals surface area contributed by atoms with Gasteiger partial charge in [-0.25, -0.2) is 0 Å². The van der Waals surface area contributed by atoms with E-state index in [1.807, 2.05) is 42.5 Å². The molecule has 2 amide bonds. The Balaban J connectivity index is 1.66. The van der Waals surface area contributed by atoms with Crippen molar-refractivity contribution in [3.63, 3.8) is 0 Å². The van der Waals surface area contributed by atoms with Crippen LogP contribution in [0.2, 0.25) is 0 Å². The molecule has 1 aliphatic rings. The van der Waals surface area contributed by atoms with Gasteiger partial charge < -0.3 is 15.4 Å². The Morgan fingerprint density at radius 3 is 2.69 bits per heavy atom. The van der Waals surface area contributed by atoms with E-state index in [0.29, 0.717) is 29.3 Å². The van der Waals surface area contributed by atoms with Crippen molar-refractivity contribution in [1.29, 1.82) is 0 Å². The number of amides is 2. The third kappa shape index (κ3) is 4.04. The Morgan fingerprint density at radius 1 is 1.03 bits per heavy atom. The molecule has 1 aromatic heterocycles. The van der Waals surface area contributed by atoms with Crippen molar-refractivity contribution in [2.75, 3.05) is 25.6 Å². The Labute approximate surface area is 174 Å². The van der Waals surface area contributed by atoms with E-state index in [9.17, 15) is 9.59 Å². The van der Waals surface area contributed by atoms with Crippen LogP contribution in [0.25, 0.3) is 10.8 Å². The molecule has 0 saturated heterocycles. The molecule has 1 heterocycles. The van der Waals surface area contributed by atoms with Crippen molar-refractivity contribution in [3.05, 3.63) is 64.0 Å². The minimum atomic E-state index is -0.189. The number of anilines is 1. The van der Waals surface area contributed by atoms with Gasteiger partial charge in [0, 0.05) is 24.1 Å². The number of fused-ring (bicyclic) bond motifs is 2. The molecule has 0 atom stereocenters. The fourth-order valence-electron chi connectivity index (χ4n) is 3.84. The number of methoxy groups -OCH3 is 1. The lowest BCUT2D eigenvalue weighted by atomic mass is 9.95. The fourth-order valence-corrected chi connectivity index (χ4v) is 5.12. The molecule has 0 saturated carbocycles. The first-order valence-corrected chi connectivity index (χ1v) is 10.7. The number of nitrogens with one attached hydrogen (secondary N) is 2. The fraction of sp³-hybridized carbons (Fsp3) is 0.304. The van der Waals surface area contributed by atoms with Crippen LogP contribution in [0.4, 0.5) is 5.00 Å². The van der Waals surface area contributed by atoms with Crippen molar-refractivity contribution >= 4 is 38.9 Å². The summed E-state index contributed by atoms with van der Waals surface area (Å²) >= 11 is 1.53. The van der Waals surface area contributed by atoms with E-state index < -0.39 is 0 Å². The average Bonchev–Trinajstić information content (AvgIpc) is 3.11. The summed E-state index contributed by atoms with van der Waals surface area (Å²) in [7, 11) is 1.61. The second kappa shape index (κ2) is 8.76. The van der Waals surface area contributed by atoms with Crippen LogP contribution < -0.4 is 10.6 Å². The molecule has 5 nitrogen and oxygen atoms in total. The molecule has 0 fully saturated rings. The Morgan fingerprint density at radius 2 is 1.83 bits per heavy atom. The number of thiophene rings is 1. The molecule has 1 aliphatic carbocycles. The number of hydrogen-bond acceptors (Lipinski definition) is 4. The van der Waals surface area contributed by atoms with Crippen LogP contribution in [-0.2, 0) is 17.6 Å². The zero-order valence-electron chi connectivity index (χ0n) is 16.4. The van der Waals surface area contributed by atoms with Crippen LogP contribution >= 0.6 is 11.3 Å². The topological polar surface area (TPSA) is 67.4 Å². The summed E-state index contributed by atoms with van der Waals surface area (Å²) in [4.78, 5) is 27.2. The van der Waals surface area contributed by atoms with E-state index in [2.05, 4.69) is 10.6 Å². The summed E-state index contributed by atoms with van der Waals surface area (Å²) < 4.78 is 5.03. The minimum absolute atomic E-state index is 0.144. The molecule has 0 bridgehead atoms. The summed E-state index contributed by atoms with van der Waals surface area (Å²) in [5.74, 6) is -0.332. The third-order valence-electron chi connectivity index (χ3n) is 5.25. The van der Waals surface area contributed by atoms with Crippen molar-refractivity contribution in [3.8, 4) is 0 Å². The molecule has 0 aliphatic heterocycles. The molecule has 2 aromatic carbocycles. The van der Waals surface area contributed by atoms with Crippen LogP contribution in [0.3, 0.4) is 0 Å². The molecular formula is C23H24N2O3S. The second-order valence-corrected chi connectivity index (χ2v) is 8.25. The lowest BCUT2D eigenvalue weighted by Crippen LogP contribution is -2.28. The molecule has 6 heteroatoms. The van der Waals surface area contributed by atoms with Gasteiger partial charge in [-0.3, -0.25) is 9.59 Å². The van der Waals surface area contributed by atoms with Crippen LogP contribution in [0, 0.1) is 0 Å². The van der Waals surface area contributed by atoms with Gasteiger partial charge in [0.25, 0.3) is 11.8 Å². The van der Waals surface area contributed by atoms with Crippen LogP contribution in [-0.4, -0.2) is 32.1 Å². The molecule has 0 radical (unpaired) electrons. The van der Waals surface area contributed by atoms with Gasteiger partial charge in [-0.1, -0.05) is 36.4 Å². The van der Waals surface area contributed by atoms with Gasteiger partial charge in [-0.2, -0.15) is 0 Å². The van der Waals surface area contributed by atoms with E-state index in [1.165, 1.54) is 16.2 Å². The molecule has 0 spiro atoms. The highest BCUT2D eigenvalue weighted by atomic mass is 32.1. The SMILES string of the molecule is COCCNC(=O)c1c(NC(=O)c2cccc3ccccc23)sc2c1CCCC2. The van der Waals surface area contributed by atoms with Gasteiger partial charge >= 0.3 is 0 Å². The number of ether oxygens (including phenoxy) is 1. The standard InChI is InChI=1S/C23H24N2O3S/c1-28-14-13-24-22(27)20-18-10-4-5-12-19(18)29-23(20)25-21(26)17-11-6-8-15-7-2-3-9-16(15)17/h2-3,6-9,11H,4-5,10,12-14H2,1H3,(H,24,27)(H,25,26). The average molecular weight is 409 g/mol. The minimum Gasteiger partial charge on any atom is -0.383 e. The van der Waals surface area contributed by atoms with E-state index >= 15 is 0 Å². The quantitative estimate of drug-likeness (QED) is 0.594. The van der Waals surface area contributed by atoms with E-state index in [-0.39, 0.29) is 11.8 Å². The summed E-state index contributed by atoms with van der Waals surface area (Å²) in [5.41, 5.74) is 2.32. The highest BCUT2D eigenvalue weighted by Gasteiger charge is 2.26. The molecule has 4 rings (SSSR count). The number of aryl methyl sites for hydroxylation is 1. The number of hydrogen-bond donors (Lipinski definition) is 2. The van der Waals surface area contributed by atoms with Gasteiger partial charge in [0.05, 0.1) is 12.2 Å². The summed E-state index contributed by atoms with van der Waals surface area (Å²) in [5, 5.41) is 8.51. The maximum absolute atomic E-state index is 13.1. The maximum atomic E-state index is 13.1. The van der Waals surface area contributed by atoms with Gasteiger partial charge in [0.15, 0.2) is 0 Å². The van der Waals surface area contributed by atoms with E-state index in [4.69, 9.17) is 4.74 Å². The van der Waals surface area contributed by atoms with Crippen LogP contribution in [0.5, 0.6) is 0 Å². The molecule has 2 N–H and O–H groups in total. The van der Waals surface area contributed by atoms with Crippen molar-refractivity contribution in [2.24, 2.45) is 0 Å². The number of carbonyl (C=O) groups excluding carboxylic acids is 2. The number of carbonyl (C=O) groups is 2. The molecule has 150 valence electrons. The van der Waals surface area contributed by atoms with Gasteiger partial charge in [-0.05, 0) is 48.1 Å². The van der Waals surface area contributed by atoms with Crippen LogP contribution in [0.1, 0.15) is 44.0 Å². The Bertz CT molecular complexity index is 1050. The van der Waals surface area contributed by atoms with Crippen LogP contribution in [0.15, 0.2) is 42.5 Å². The molecule has 0 unspecified atom stereocenters. The Hall–Kier alpha value is -2.70. The van der Waals surface area contributed by atoms with Crippen molar-refractivity contribution in [1.82, 2.24) is 5.32 Å². The van der Waals surface area contributed by atoms with Gasteiger partial charge in [-0.15, -0.1) is 11.3 Å². The van der Waals surface area contributed by atoms with Gasteiger partial charge in [0.1, 0.15) is 5.00 Å². The first-order chi connectivity index (χ1) is 14.2. The first-order valence-electron chi connectivity index (χ1n) is 9.90. The lowest BCUT2D eigenvalue weighted by Gasteiger charge is -2.13. The van der Waals surface area contributed by atoms with E-state index in [1.54, 1.807) is 7.11 Å². The highest BCUT2D eigenvalue weighted by Crippen LogP contribution is 2.38. The zero-order chi connectivity index (χ0) is 20.2. The molecule has 29 heavy (non-hydrogen) atoms. The summed E-state index contributed by atoms with van der Waals surface area (Å²) in [6, 6.07) is 13.5. The number of benzene rings is 2. The van der Waals surface area contributed by atoms with Crippen molar-refractivity contribution in [2.45, 2.75) is 25.7 Å². The lowest BCUT2D eigenvalue weighted by molar-refractivity contribution is 0.0937. The second-order valence-electron chi connectivity index (χ2n) is 7.14. The third-order valence-corrected chi connectivity index (χ3v) is 6.46.